The van der Waals surface area contributed by atoms with E-state index in [1.54, 1.807) is 12.1 Å². The fraction of sp³-hybridized carbons (Fsp3) is 0.278. The van der Waals surface area contributed by atoms with Gasteiger partial charge in [-0.3, -0.25) is 4.79 Å². The Morgan fingerprint density at radius 2 is 1.65 bits per heavy atom. The van der Waals surface area contributed by atoms with Crippen LogP contribution in [0, 0.1) is 0 Å². The minimum atomic E-state index is -3.47. The van der Waals surface area contributed by atoms with Gasteiger partial charge in [0.15, 0.2) is 0 Å². The minimum absolute atomic E-state index is 0. The van der Waals surface area contributed by atoms with Gasteiger partial charge in [0, 0.05) is 0 Å². The minimum Gasteiger partial charge on any atom is -0.348 e. The lowest BCUT2D eigenvalue weighted by Crippen LogP contribution is -2.42. The molecule has 1 amide bonds. The van der Waals surface area contributed by atoms with Crippen molar-refractivity contribution < 1.29 is 13.2 Å². The van der Waals surface area contributed by atoms with Gasteiger partial charge in [0.1, 0.15) is 0 Å². The average Bonchev–Trinajstić information content (AvgIpc) is 2.62. The Labute approximate surface area is 160 Å². The number of hydrogen-bond acceptors (Lipinski definition) is 4. The molecule has 0 heterocycles. The fourth-order valence-corrected chi connectivity index (χ4v) is 3.15. The Hall–Kier alpha value is -1.93. The maximum atomic E-state index is 12.3. The lowest BCUT2D eigenvalue weighted by molar-refractivity contribution is -0.123. The SMILES string of the molecule is CNS(=O)(=O)c1ccc(C(C)NC(=O)[C@@H](N)Cc2ccccc2)cc1.Cl. The van der Waals surface area contributed by atoms with E-state index < -0.39 is 16.1 Å². The molecule has 2 aromatic rings. The monoisotopic (exact) mass is 397 g/mol. The predicted molar refractivity (Wildman–Crippen MR) is 105 cm³/mol. The Balaban J connectivity index is 0.00000338. The van der Waals surface area contributed by atoms with Gasteiger partial charge in [-0.2, -0.15) is 0 Å². The molecule has 2 rings (SSSR count). The standard InChI is InChI=1S/C18H23N3O3S.ClH/c1-13(15-8-10-16(11-9-15)25(23,24)20-2)21-18(22)17(19)12-14-6-4-3-5-7-14;/h3-11,13,17,20H,12,19H2,1-2H3,(H,21,22);1H/t13?,17-;/m0./s1. The van der Waals surface area contributed by atoms with Crippen molar-refractivity contribution in [3.8, 4) is 0 Å². The first-order chi connectivity index (χ1) is 11.8. The number of nitrogens with two attached hydrogens (primary N) is 1. The maximum absolute atomic E-state index is 12.3. The first kappa shape index (κ1) is 22.1. The molecular weight excluding hydrogens is 374 g/mol. The summed E-state index contributed by atoms with van der Waals surface area (Å²) in [4.78, 5) is 12.4. The van der Waals surface area contributed by atoms with Crippen molar-refractivity contribution in [3.63, 3.8) is 0 Å². The summed E-state index contributed by atoms with van der Waals surface area (Å²) in [6.07, 6.45) is 0.457. The van der Waals surface area contributed by atoms with Crippen molar-refractivity contribution in [2.24, 2.45) is 5.73 Å². The van der Waals surface area contributed by atoms with Gasteiger partial charge in [0.25, 0.3) is 0 Å². The molecular formula is C18H24ClN3O3S. The molecule has 0 spiro atoms. The van der Waals surface area contributed by atoms with Crippen molar-refractivity contribution in [2.75, 3.05) is 7.05 Å². The van der Waals surface area contributed by atoms with E-state index >= 15 is 0 Å². The molecule has 142 valence electrons. The summed E-state index contributed by atoms with van der Waals surface area (Å²) in [6, 6.07) is 15.0. The summed E-state index contributed by atoms with van der Waals surface area (Å²) < 4.78 is 25.7. The van der Waals surface area contributed by atoms with Gasteiger partial charge in [-0.1, -0.05) is 42.5 Å². The third-order valence-electron chi connectivity index (χ3n) is 3.95. The molecule has 0 aliphatic rings. The van der Waals surface area contributed by atoms with Crippen LogP contribution in [0.5, 0.6) is 0 Å². The van der Waals surface area contributed by atoms with E-state index in [0.29, 0.717) is 6.42 Å². The molecule has 6 nitrogen and oxygen atoms in total. The summed E-state index contributed by atoms with van der Waals surface area (Å²) in [5, 5.41) is 2.86. The number of amides is 1. The summed E-state index contributed by atoms with van der Waals surface area (Å²) in [6.45, 7) is 1.83. The number of hydrogen-bond donors (Lipinski definition) is 3. The van der Waals surface area contributed by atoms with Crippen LogP contribution in [0.3, 0.4) is 0 Å². The fourth-order valence-electron chi connectivity index (χ4n) is 2.42. The quantitative estimate of drug-likeness (QED) is 0.662. The lowest BCUT2D eigenvalue weighted by atomic mass is 10.0. The van der Waals surface area contributed by atoms with Crippen LogP contribution in [-0.2, 0) is 21.2 Å². The zero-order chi connectivity index (χ0) is 18.4. The molecule has 0 radical (unpaired) electrons. The molecule has 0 aromatic heterocycles. The van der Waals surface area contributed by atoms with Crippen LogP contribution in [0.1, 0.15) is 24.1 Å². The molecule has 2 aromatic carbocycles. The average molecular weight is 398 g/mol. The van der Waals surface area contributed by atoms with E-state index in [1.807, 2.05) is 37.3 Å². The zero-order valence-electron chi connectivity index (χ0n) is 14.7. The van der Waals surface area contributed by atoms with Crippen LogP contribution in [0.4, 0.5) is 0 Å². The second kappa shape index (κ2) is 9.68. The van der Waals surface area contributed by atoms with E-state index in [-0.39, 0.29) is 29.3 Å². The Kier molecular flexibility index (Phi) is 8.23. The molecule has 0 aliphatic carbocycles. The van der Waals surface area contributed by atoms with E-state index in [9.17, 15) is 13.2 Å². The molecule has 26 heavy (non-hydrogen) atoms. The number of rotatable bonds is 7. The molecule has 0 fully saturated rings. The Morgan fingerprint density at radius 3 is 2.19 bits per heavy atom. The topological polar surface area (TPSA) is 101 Å². The second-order valence-corrected chi connectivity index (χ2v) is 7.69. The highest BCUT2D eigenvalue weighted by Crippen LogP contribution is 2.16. The molecule has 0 aliphatic heterocycles. The van der Waals surface area contributed by atoms with Crippen LogP contribution < -0.4 is 15.8 Å². The normalized spacial score (nSPS) is 13.3. The highest BCUT2D eigenvalue weighted by Gasteiger charge is 2.18. The highest BCUT2D eigenvalue weighted by atomic mass is 35.5. The zero-order valence-corrected chi connectivity index (χ0v) is 16.3. The van der Waals surface area contributed by atoms with E-state index in [0.717, 1.165) is 11.1 Å². The molecule has 0 bridgehead atoms. The van der Waals surface area contributed by atoms with Crippen molar-refractivity contribution in [3.05, 3.63) is 65.7 Å². The predicted octanol–water partition coefficient (Wildman–Crippen LogP) is 1.76. The maximum Gasteiger partial charge on any atom is 0.240 e. The van der Waals surface area contributed by atoms with Crippen molar-refractivity contribution >= 4 is 28.3 Å². The Morgan fingerprint density at radius 1 is 1.08 bits per heavy atom. The summed E-state index contributed by atoms with van der Waals surface area (Å²) in [5.74, 6) is -0.247. The van der Waals surface area contributed by atoms with E-state index in [2.05, 4.69) is 10.0 Å². The van der Waals surface area contributed by atoms with E-state index in [1.165, 1.54) is 19.2 Å². The first-order valence-corrected chi connectivity index (χ1v) is 9.45. The molecule has 4 N–H and O–H groups in total. The second-order valence-electron chi connectivity index (χ2n) is 5.80. The Bertz CT molecular complexity index is 811. The summed E-state index contributed by atoms with van der Waals surface area (Å²) in [5.41, 5.74) is 7.78. The number of halogens is 1. The van der Waals surface area contributed by atoms with Gasteiger partial charge in [-0.25, -0.2) is 13.1 Å². The lowest BCUT2D eigenvalue weighted by Gasteiger charge is -2.18. The summed E-state index contributed by atoms with van der Waals surface area (Å²) >= 11 is 0. The molecule has 0 saturated carbocycles. The third-order valence-corrected chi connectivity index (χ3v) is 5.38. The van der Waals surface area contributed by atoms with Crippen LogP contribution >= 0.6 is 12.4 Å². The number of sulfonamides is 1. The van der Waals surface area contributed by atoms with Gasteiger partial charge in [-0.05, 0) is 43.7 Å². The van der Waals surface area contributed by atoms with Crippen LogP contribution in [0.25, 0.3) is 0 Å². The highest BCUT2D eigenvalue weighted by molar-refractivity contribution is 7.89. The van der Waals surface area contributed by atoms with E-state index in [4.69, 9.17) is 5.73 Å². The molecule has 8 heteroatoms. The number of carbonyl (C=O) groups excluding carboxylic acids is 1. The number of nitrogens with one attached hydrogen (secondary N) is 2. The number of benzene rings is 2. The van der Waals surface area contributed by atoms with Crippen molar-refractivity contribution in [1.29, 1.82) is 0 Å². The molecule has 2 atom stereocenters. The van der Waals surface area contributed by atoms with Crippen LogP contribution in [0.2, 0.25) is 0 Å². The van der Waals surface area contributed by atoms with Crippen LogP contribution in [0.15, 0.2) is 59.5 Å². The van der Waals surface area contributed by atoms with Gasteiger partial charge in [0.05, 0.1) is 17.0 Å². The molecule has 1 unspecified atom stereocenters. The van der Waals surface area contributed by atoms with Gasteiger partial charge >= 0.3 is 0 Å². The van der Waals surface area contributed by atoms with Crippen LogP contribution in [-0.4, -0.2) is 27.4 Å². The number of carbonyl (C=O) groups is 1. The van der Waals surface area contributed by atoms with Gasteiger partial charge in [-0.15, -0.1) is 12.4 Å². The first-order valence-electron chi connectivity index (χ1n) is 7.97. The van der Waals surface area contributed by atoms with Gasteiger partial charge < -0.3 is 11.1 Å². The summed E-state index contributed by atoms with van der Waals surface area (Å²) in [7, 11) is -2.11. The third kappa shape index (κ3) is 5.81. The molecule has 0 saturated heterocycles. The van der Waals surface area contributed by atoms with Gasteiger partial charge in [0.2, 0.25) is 15.9 Å². The smallest absolute Gasteiger partial charge is 0.240 e. The van der Waals surface area contributed by atoms with Crippen molar-refractivity contribution in [1.82, 2.24) is 10.0 Å². The van der Waals surface area contributed by atoms with Crippen molar-refractivity contribution in [2.45, 2.75) is 30.3 Å². The largest absolute Gasteiger partial charge is 0.348 e.